The average Bonchev–Trinajstić information content (AvgIpc) is 2.55. The lowest BCUT2D eigenvalue weighted by molar-refractivity contribution is -0.117. The summed E-state index contributed by atoms with van der Waals surface area (Å²) < 4.78 is 18.2. The highest BCUT2D eigenvalue weighted by atomic mass is 35.5. The first-order valence-corrected chi connectivity index (χ1v) is 7.87. The Morgan fingerprint density at radius 1 is 1.29 bits per heavy atom. The summed E-state index contributed by atoms with van der Waals surface area (Å²) in [6.07, 6.45) is 0. The number of halogens is 2. The minimum atomic E-state index is -0.278. The molecule has 4 nitrogen and oxygen atoms in total. The van der Waals surface area contributed by atoms with E-state index in [0.717, 1.165) is 5.56 Å². The molecular weight excluding hydrogens is 331 g/mol. The lowest BCUT2D eigenvalue weighted by Gasteiger charge is -2.24. The quantitative estimate of drug-likeness (QED) is 0.852. The third kappa shape index (κ3) is 4.69. The van der Waals surface area contributed by atoms with Crippen molar-refractivity contribution in [1.82, 2.24) is 4.90 Å². The molecule has 0 aliphatic rings. The van der Waals surface area contributed by atoms with Crippen LogP contribution in [0.4, 0.5) is 10.1 Å². The molecule has 0 bridgehead atoms. The monoisotopic (exact) mass is 350 g/mol. The van der Waals surface area contributed by atoms with Gasteiger partial charge in [-0.25, -0.2) is 4.39 Å². The molecule has 6 heteroatoms. The molecule has 0 fully saturated rings. The normalized spacial score (nSPS) is 12.1. The van der Waals surface area contributed by atoms with Crippen molar-refractivity contribution in [2.75, 3.05) is 26.0 Å². The predicted molar refractivity (Wildman–Crippen MR) is 94.1 cm³/mol. The van der Waals surface area contributed by atoms with E-state index in [2.05, 4.69) is 5.32 Å². The van der Waals surface area contributed by atoms with Gasteiger partial charge in [0.2, 0.25) is 5.91 Å². The first-order valence-electron chi connectivity index (χ1n) is 7.50. The number of anilines is 1. The number of carbonyl (C=O) groups excluding carboxylic acids is 1. The zero-order chi connectivity index (χ0) is 17.7. The van der Waals surface area contributed by atoms with Gasteiger partial charge in [0.1, 0.15) is 11.6 Å². The van der Waals surface area contributed by atoms with Gasteiger partial charge in [-0.15, -0.1) is 0 Å². The van der Waals surface area contributed by atoms with Gasteiger partial charge in [0.25, 0.3) is 0 Å². The van der Waals surface area contributed by atoms with Gasteiger partial charge in [-0.05, 0) is 49.9 Å². The van der Waals surface area contributed by atoms with Gasteiger partial charge in [0.05, 0.1) is 19.3 Å². The molecule has 1 amide bonds. The lowest BCUT2D eigenvalue weighted by atomic mass is 10.1. The van der Waals surface area contributed by atoms with Gasteiger partial charge < -0.3 is 10.1 Å². The van der Waals surface area contributed by atoms with Crippen LogP contribution in [0, 0.1) is 5.82 Å². The fourth-order valence-electron chi connectivity index (χ4n) is 2.33. The molecular formula is C18H20ClFN2O2. The molecule has 0 heterocycles. The second-order valence-electron chi connectivity index (χ2n) is 5.54. The molecule has 24 heavy (non-hydrogen) atoms. The summed E-state index contributed by atoms with van der Waals surface area (Å²) in [5.41, 5.74) is 1.46. The first-order chi connectivity index (χ1) is 11.4. The molecule has 0 aromatic heterocycles. The Morgan fingerprint density at radius 3 is 2.58 bits per heavy atom. The van der Waals surface area contributed by atoms with E-state index in [1.54, 1.807) is 30.3 Å². The molecule has 2 aromatic rings. The zero-order valence-electron chi connectivity index (χ0n) is 13.8. The molecule has 0 radical (unpaired) electrons. The highest BCUT2D eigenvalue weighted by Crippen LogP contribution is 2.27. The number of benzene rings is 2. The van der Waals surface area contributed by atoms with Gasteiger partial charge in [-0.2, -0.15) is 0 Å². The van der Waals surface area contributed by atoms with Gasteiger partial charge >= 0.3 is 0 Å². The summed E-state index contributed by atoms with van der Waals surface area (Å²) in [6, 6.07) is 11.3. The second kappa shape index (κ2) is 8.13. The van der Waals surface area contributed by atoms with Crippen LogP contribution in [0.2, 0.25) is 5.02 Å². The van der Waals surface area contributed by atoms with E-state index < -0.39 is 0 Å². The van der Waals surface area contributed by atoms with Crippen LogP contribution >= 0.6 is 11.6 Å². The molecule has 128 valence electrons. The Labute approximate surface area is 146 Å². The van der Waals surface area contributed by atoms with Gasteiger partial charge in [0, 0.05) is 11.1 Å². The Balaban J connectivity index is 2.01. The van der Waals surface area contributed by atoms with Crippen LogP contribution in [0.3, 0.4) is 0 Å². The molecule has 0 aliphatic carbocycles. The van der Waals surface area contributed by atoms with E-state index in [9.17, 15) is 9.18 Å². The predicted octanol–water partition coefficient (Wildman–Crippen LogP) is 4.12. The number of carbonyl (C=O) groups is 1. The van der Waals surface area contributed by atoms with Crippen LogP contribution in [0.5, 0.6) is 5.75 Å². The smallest absolute Gasteiger partial charge is 0.238 e. The number of nitrogens with one attached hydrogen (secondary N) is 1. The molecule has 0 saturated heterocycles. The van der Waals surface area contributed by atoms with Gasteiger partial charge in [-0.1, -0.05) is 23.7 Å². The maximum absolute atomic E-state index is 13.0. The fourth-order valence-corrected chi connectivity index (χ4v) is 2.50. The number of hydrogen-bond donors (Lipinski definition) is 1. The van der Waals surface area contributed by atoms with Crippen molar-refractivity contribution >= 4 is 23.2 Å². The number of hydrogen-bond acceptors (Lipinski definition) is 3. The summed E-state index contributed by atoms with van der Waals surface area (Å²) in [6.45, 7) is 2.13. The Hall–Kier alpha value is -2.11. The Bertz CT molecular complexity index is 707. The highest BCUT2D eigenvalue weighted by molar-refractivity contribution is 6.31. The number of likely N-dealkylation sites (N-methyl/N-ethyl adjacent to an activating group) is 1. The number of amides is 1. The molecule has 2 aromatic carbocycles. The van der Waals surface area contributed by atoms with E-state index in [0.29, 0.717) is 16.5 Å². The topological polar surface area (TPSA) is 41.6 Å². The number of ether oxygens (including phenoxy) is 1. The van der Waals surface area contributed by atoms with Crippen LogP contribution in [-0.4, -0.2) is 31.5 Å². The maximum atomic E-state index is 13.0. The summed E-state index contributed by atoms with van der Waals surface area (Å²) in [4.78, 5) is 14.2. The first kappa shape index (κ1) is 18.2. The van der Waals surface area contributed by atoms with Crippen molar-refractivity contribution in [3.63, 3.8) is 0 Å². The van der Waals surface area contributed by atoms with Crippen molar-refractivity contribution in [2.45, 2.75) is 13.0 Å². The van der Waals surface area contributed by atoms with E-state index in [1.807, 2.05) is 18.9 Å². The molecule has 2 rings (SSSR count). The third-order valence-electron chi connectivity index (χ3n) is 3.84. The van der Waals surface area contributed by atoms with E-state index in [4.69, 9.17) is 16.3 Å². The van der Waals surface area contributed by atoms with Crippen LogP contribution in [0.1, 0.15) is 18.5 Å². The molecule has 0 aliphatic heterocycles. The van der Waals surface area contributed by atoms with Gasteiger partial charge in [-0.3, -0.25) is 9.69 Å². The third-order valence-corrected chi connectivity index (χ3v) is 4.08. The SMILES string of the molecule is COc1ccc(Cl)cc1NC(=O)CN(C)[C@H](C)c1ccc(F)cc1. The Kier molecular flexibility index (Phi) is 6.17. The summed E-state index contributed by atoms with van der Waals surface area (Å²) in [7, 11) is 3.37. The number of rotatable bonds is 6. The van der Waals surface area contributed by atoms with Crippen LogP contribution < -0.4 is 10.1 Å². The summed E-state index contributed by atoms with van der Waals surface area (Å²) in [5.74, 6) is 0.0772. The molecule has 0 saturated carbocycles. The summed E-state index contributed by atoms with van der Waals surface area (Å²) in [5, 5.41) is 3.31. The van der Waals surface area contributed by atoms with E-state index in [-0.39, 0.29) is 24.3 Å². The van der Waals surface area contributed by atoms with E-state index >= 15 is 0 Å². The van der Waals surface area contributed by atoms with E-state index in [1.165, 1.54) is 19.2 Å². The number of nitrogens with zero attached hydrogens (tertiary/aromatic N) is 1. The minimum Gasteiger partial charge on any atom is -0.495 e. The highest BCUT2D eigenvalue weighted by Gasteiger charge is 2.16. The number of methoxy groups -OCH3 is 1. The molecule has 1 atom stereocenters. The van der Waals surface area contributed by atoms with Crippen molar-refractivity contribution in [3.05, 3.63) is 58.9 Å². The zero-order valence-corrected chi connectivity index (χ0v) is 14.6. The standard InChI is InChI=1S/C18H20ClFN2O2/c1-12(13-4-7-15(20)8-5-13)22(2)11-18(23)21-16-10-14(19)6-9-17(16)24-3/h4-10,12H,11H2,1-3H3,(H,21,23)/t12-/m1/s1. The van der Waals surface area contributed by atoms with Crippen molar-refractivity contribution in [1.29, 1.82) is 0 Å². The van der Waals surface area contributed by atoms with Crippen molar-refractivity contribution in [3.8, 4) is 5.75 Å². The van der Waals surface area contributed by atoms with Crippen LogP contribution in [-0.2, 0) is 4.79 Å². The largest absolute Gasteiger partial charge is 0.495 e. The van der Waals surface area contributed by atoms with Crippen LogP contribution in [0.25, 0.3) is 0 Å². The molecule has 0 unspecified atom stereocenters. The Morgan fingerprint density at radius 2 is 1.96 bits per heavy atom. The maximum Gasteiger partial charge on any atom is 0.238 e. The summed E-state index contributed by atoms with van der Waals surface area (Å²) >= 11 is 5.96. The van der Waals surface area contributed by atoms with Gasteiger partial charge in [0.15, 0.2) is 0 Å². The van der Waals surface area contributed by atoms with Crippen LogP contribution in [0.15, 0.2) is 42.5 Å². The second-order valence-corrected chi connectivity index (χ2v) is 5.97. The fraction of sp³-hybridized carbons (Fsp3) is 0.278. The average molecular weight is 351 g/mol. The van der Waals surface area contributed by atoms with Crippen molar-refractivity contribution in [2.24, 2.45) is 0 Å². The minimum absolute atomic E-state index is 0.0300. The lowest BCUT2D eigenvalue weighted by Crippen LogP contribution is -2.32. The van der Waals surface area contributed by atoms with Crippen molar-refractivity contribution < 1.29 is 13.9 Å². The molecule has 0 spiro atoms. The molecule has 1 N–H and O–H groups in total.